The van der Waals surface area contributed by atoms with Crippen LogP contribution < -0.4 is 16.1 Å². The van der Waals surface area contributed by atoms with Crippen LogP contribution in [0.2, 0.25) is 0 Å². The van der Waals surface area contributed by atoms with Crippen LogP contribution in [0.5, 0.6) is 5.75 Å². The first-order chi connectivity index (χ1) is 23.7. The fraction of sp³-hybridized carbons (Fsp3) is 0.410. The average molecular weight is 700 g/mol. The second-order valence-corrected chi connectivity index (χ2v) is 14.6. The second-order valence-electron chi connectivity index (χ2n) is 13.5. The maximum absolute atomic E-state index is 11.7. The zero-order valence-electron chi connectivity index (χ0n) is 31.2. The van der Waals surface area contributed by atoms with Crippen molar-refractivity contribution in [3.8, 4) is 5.75 Å². The first kappa shape index (κ1) is 38.5. The molecule has 268 valence electrons. The minimum absolute atomic E-state index is 0.317. The zero-order chi connectivity index (χ0) is 36.7. The summed E-state index contributed by atoms with van der Waals surface area (Å²) in [4.78, 5) is 36.8. The van der Waals surface area contributed by atoms with Crippen molar-refractivity contribution in [2.75, 3.05) is 46.2 Å². The monoisotopic (exact) mass is 699 g/mol. The number of rotatable bonds is 8. The molecule has 0 saturated heterocycles. The molecule has 3 atom stereocenters. The fourth-order valence-corrected chi connectivity index (χ4v) is 7.40. The van der Waals surface area contributed by atoms with Gasteiger partial charge >= 0.3 is 5.69 Å². The van der Waals surface area contributed by atoms with E-state index in [4.69, 9.17) is 0 Å². The molecule has 3 aromatic carbocycles. The first-order valence-electron chi connectivity index (χ1n) is 17.1. The van der Waals surface area contributed by atoms with Crippen LogP contribution in [0.3, 0.4) is 0 Å². The Bertz CT molecular complexity index is 1950. The lowest BCUT2D eigenvalue weighted by Crippen LogP contribution is -2.37. The number of aromatic nitrogens is 4. The van der Waals surface area contributed by atoms with E-state index in [0.717, 1.165) is 24.1 Å². The average Bonchev–Trinajstić information content (AvgIpc) is 3.48. The molecule has 0 aliphatic carbocycles. The van der Waals surface area contributed by atoms with Gasteiger partial charge in [0, 0.05) is 50.1 Å². The molecular weight excluding hydrogens is 647 g/mol. The minimum Gasteiger partial charge on any atom is -0.508 e. The quantitative estimate of drug-likeness (QED) is 0.202. The highest BCUT2D eigenvalue weighted by atomic mass is 32.2. The van der Waals surface area contributed by atoms with Gasteiger partial charge < -0.3 is 24.4 Å². The molecule has 11 heteroatoms. The van der Waals surface area contributed by atoms with E-state index in [0.29, 0.717) is 34.8 Å². The van der Waals surface area contributed by atoms with Crippen molar-refractivity contribution in [1.29, 1.82) is 0 Å². The summed E-state index contributed by atoms with van der Waals surface area (Å²) in [6.07, 6.45) is 2.63. The van der Waals surface area contributed by atoms with E-state index in [1.807, 2.05) is 23.9 Å². The fourth-order valence-electron chi connectivity index (χ4n) is 6.30. The number of likely N-dealkylation sites (N-methyl/N-ethyl adjacent to an activating group) is 1. The molecule has 0 spiro atoms. The first-order valence-corrected chi connectivity index (χ1v) is 17.9. The van der Waals surface area contributed by atoms with Crippen molar-refractivity contribution in [2.45, 2.75) is 48.9 Å². The Hall–Kier alpha value is -4.32. The SMILES string of the molecule is CC(CN1c2ccccc2Sc2ccccc21)N(C)C.CC[C@@H](c1cccc(O)c1)[C@@H](C)CN(C)C.Cn1c(=O)c2c(ncn2C)n(C)c1=O. The van der Waals surface area contributed by atoms with E-state index >= 15 is 0 Å². The van der Waals surface area contributed by atoms with Crippen molar-refractivity contribution in [1.82, 2.24) is 28.5 Å². The normalized spacial score (nSPS) is 13.9. The van der Waals surface area contributed by atoms with Crippen LogP contribution in [0.25, 0.3) is 11.2 Å². The molecule has 1 aliphatic rings. The maximum Gasteiger partial charge on any atom is 0.332 e. The standard InChI is InChI=1S/C17H20N2S.C14H23NO.C8H10N4O2/c1-13(18(2)3)12-19-14-8-4-6-10-16(14)20-17-11-7-5-9-15(17)19;1-5-14(11(2)10-15(3)4)12-7-6-8-13(16)9-12;1-10-4-9-6-5(10)7(13)12(3)8(14)11(6)2/h4-11,13H,12H2,1-3H3;6-9,11,14,16H,5,10H2,1-4H3;4H,1-3H3/t;11-,14+;/m.0./s1. The number of hydrogen-bond acceptors (Lipinski definition) is 8. The Morgan fingerprint density at radius 3 is 1.98 bits per heavy atom. The van der Waals surface area contributed by atoms with Gasteiger partial charge in [-0.05, 0) is 95.3 Å². The lowest BCUT2D eigenvalue weighted by molar-refractivity contribution is 0.301. The molecule has 1 N–H and O–H groups in total. The molecule has 0 radical (unpaired) electrons. The number of phenolic OH excluding ortho intramolecular Hbond substituents is 1. The van der Waals surface area contributed by atoms with Crippen LogP contribution in [-0.4, -0.2) is 80.9 Å². The Kier molecular flexibility index (Phi) is 13.1. The molecule has 0 saturated carbocycles. The van der Waals surface area contributed by atoms with Crippen LogP contribution in [0, 0.1) is 5.92 Å². The number of benzene rings is 3. The van der Waals surface area contributed by atoms with Gasteiger partial charge in [-0.1, -0.05) is 62.0 Å². The van der Waals surface area contributed by atoms with Crippen LogP contribution in [0.1, 0.15) is 38.7 Å². The largest absolute Gasteiger partial charge is 0.508 e. The lowest BCUT2D eigenvalue weighted by Gasteiger charge is -2.36. The van der Waals surface area contributed by atoms with Gasteiger partial charge in [0.15, 0.2) is 11.2 Å². The predicted octanol–water partition coefficient (Wildman–Crippen LogP) is 6.29. The number of nitrogens with zero attached hydrogens (tertiary/aromatic N) is 7. The van der Waals surface area contributed by atoms with Crippen LogP contribution in [-0.2, 0) is 21.1 Å². The van der Waals surface area contributed by atoms with Crippen LogP contribution >= 0.6 is 11.8 Å². The molecule has 6 rings (SSSR count). The highest BCUT2D eigenvalue weighted by Gasteiger charge is 2.24. The topological polar surface area (TPSA) is 91.8 Å². The number of aryl methyl sites for hydroxylation is 2. The Balaban J connectivity index is 0.000000172. The summed E-state index contributed by atoms with van der Waals surface area (Å²) in [7, 11) is 13.3. The Labute approximate surface area is 300 Å². The van der Waals surface area contributed by atoms with Crippen molar-refractivity contribution in [2.24, 2.45) is 27.1 Å². The molecule has 0 amide bonds. The maximum atomic E-state index is 11.7. The summed E-state index contributed by atoms with van der Waals surface area (Å²) in [5, 5.41) is 9.51. The van der Waals surface area contributed by atoms with E-state index in [1.165, 1.54) is 44.7 Å². The van der Waals surface area contributed by atoms with Crippen molar-refractivity contribution >= 4 is 34.3 Å². The molecule has 0 fully saturated rings. The number of fused-ring (bicyclic) bond motifs is 3. The molecule has 1 aliphatic heterocycles. The number of para-hydroxylation sites is 2. The van der Waals surface area contributed by atoms with E-state index in [9.17, 15) is 14.7 Å². The van der Waals surface area contributed by atoms with Gasteiger partial charge in [-0.2, -0.15) is 0 Å². The van der Waals surface area contributed by atoms with Gasteiger partial charge in [0.25, 0.3) is 5.56 Å². The van der Waals surface area contributed by atoms with Crippen LogP contribution in [0.4, 0.5) is 11.4 Å². The summed E-state index contributed by atoms with van der Waals surface area (Å²) in [6.45, 7) is 8.84. The molecule has 50 heavy (non-hydrogen) atoms. The van der Waals surface area contributed by atoms with Crippen molar-refractivity contribution in [3.63, 3.8) is 0 Å². The summed E-state index contributed by atoms with van der Waals surface area (Å²) >= 11 is 1.87. The van der Waals surface area contributed by atoms with Crippen molar-refractivity contribution in [3.05, 3.63) is 106 Å². The molecule has 10 nitrogen and oxygen atoms in total. The van der Waals surface area contributed by atoms with Gasteiger partial charge in [0.2, 0.25) is 0 Å². The number of imidazole rings is 1. The second kappa shape index (κ2) is 17.1. The number of aromatic hydroxyl groups is 1. The highest BCUT2D eigenvalue weighted by molar-refractivity contribution is 7.99. The number of phenols is 1. The Morgan fingerprint density at radius 2 is 1.44 bits per heavy atom. The van der Waals surface area contributed by atoms with E-state index in [-0.39, 0.29) is 11.2 Å². The smallest absolute Gasteiger partial charge is 0.332 e. The molecule has 2 aromatic heterocycles. The molecule has 1 unspecified atom stereocenters. The highest BCUT2D eigenvalue weighted by Crippen LogP contribution is 2.47. The third-order valence-corrected chi connectivity index (χ3v) is 10.4. The van der Waals surface area contributed by atoms with Gasteiger partial charge in [0.05, 0.1) is 17.7 Å². The molecular formula is C39H53N7O3S. The van der Waals surface area contributed by atoms with E-state index < -0.39 is 0 Å². The molecule has 5 aromatic rings. The lowest BCUT2D eigenvalue weighted by atomic mass is 9.85. The van der Waals surface area contributed by atoms with E-state index in [2.05, 4.69) is 123 Å². The zero-order valence-corrected chi connectivity index (χ0v) is 32.0. The summed E-state index contributed by atoms with van der Waals surface area (Å²) in [6, 6.07) is 25.5. The van der Waals surface area contributed by atoms with Gasteiger partial charge in [-0.25, -0.2) is 9.78 Å². The minimum atomic E-state index is -0.360. The Morgan fingerprint density at radius 1 is 0.840 bits per heavy atom. The third-order valence-electron chi connectivity index (χ3n) is 9.26. The number of anilines is 2. The summed E-state index contributed by atoms with van der Waals surface area (Å²) in [5.74, 6) is 1.49. The summed E-state index contributed by atoms with van der Waals surface area (Å²) < 4.78 is 4.04. The van der Waals surface area contributed by atoms with Gasteiger partial charge in [-0.3, -0.25) is 13.9 Å². The van der Waals surface area contributed by atoms with Gasteiger partial charge in [-0.15, -0.1) is 0 Å². The van der Waals surface area contributed by atoms with Crippen LogP contribution in [0.15, 0.2) is 98.5 Å². The molecule has 3 heterocycles. The predicted molar refractivity (Wildman–Crippen MR) is 207 cm³/mol. The molecule has 0 bridgehead atoms. The van der Waals surface area contributed by atoms with Gasteiger partial charge in [0.1, 0.15) is 5.75 Å². The number of hydrogen-bond donors (Lipinski definition) is 1. The summed E-state index contributed by atoms with van der Waals surface area (Å²) in [5.41, 5.74) is 4.08. The van der Waals surface area contributed by atoms with E-state index in [1.54, 1.807) is 24.7 Å². The van der Waals surface area contributed by atoms with Crippen molar-refractivity contribution < 1.29 is 5.11 Å². The third kappa shape index (κ3) is 8.88.